The summed E-state index contributed by atoms with van der Waals surface area (Å²) in [7, 11) is 0. The van der Waals surface area contributed by atoms with Crippen LogP contribution < -0.4 is 0 Å². The van der Waals surface area contributed by atoms with Gasteiger partial charge in [-0.1, -0.05) is 30.5 Å². The Bertz CT molecular complexity index is 840. The zero-order chi connectivity index (χ0) is 21.0. The number of rotatable bonds is 6. The largest absolute Gasteiger partial charge is 0.416 e. The highest BCUT2D eigenvalue weighted by Gasteiger charge is 2.32. The second-order valence-corrected chi connectivity index (χ2v) is 8.48. The van der Waals surface area contributed by atoms with Crippen molar-refractivity contribution in [1.29, 1.82) is 0 Å². The number of carbonyl (C=O) groups excluding carboxylic acids is 1. The van der Waals surface area contributed by atoms with Crippen LogP contribution in [0.3, 0.4) is 0 Å². The molecule has 0 saturated heterocycles. The van der Waals surface area contributed by atoms with E-state index in [4.69, 9.17) is 11.6 Å². The maximum Gasteiger partial charge on any atom is 0.416 e. The summed E-state index contributed by atoms with van der Waals surface area (Å²) in [6.45, 7) is 2.02. The van der Waals surface area contributed by atoms with Gasteiger partial charge in [0.1, 0.15) is 0 Å². The number of alkyl halides is 3. The molecule has 0 radical (unpaired) electrons. The minimum absolute atomic E-state index is 0.0194. The third kappa shape index (κ3) is 6.05. The quantitative estimate of drug-likeness (QED) is 0.465. The van der Waals surface area contributed by atoms with Crippen molar-refractivity contribution in [2.45, 2.75) is 58.0 Å². The SMILES string of the molecule is Cc1ccc(CCC2CCC(CC(=O)c3cc(C(F)(F)F)ccc3Cl)CC2)nc1. The minimum atomic E-state index is -4.48. The summed E-state index contributed by atoms with van der Waals surface area (Å²) in [5, 5.41) is 0.0854. The van der Waals surface area contributed by atoms with Gasteiger partial charge >= 0.3 is 6.18 Å². The second kappa shape index (κ2) is 9.29. The van der Waals surface area contributed by atoms with Crippen molar-refractivity contribution in [1.82, 2.24) is 4.98 Å². The monoisotopic (exact) mass is 423 g/mol. The minimum Gasteiger partial charge on any atom is -0.294 e. The van der Waals surface area contributed by atoms with Crippen molar-refractivity contribution in [3.8, 4) is 0 Å². The van der Waals surface area contributed by atoms with E-state index in [0.717, 1.165) is 68.0 Å². The Labute approximate surface area is 174 Å². The molecule has 2 nitrogen and oxygen atoms in total. The number of benzene rings is 1. The fraction of sp³-hybridized carbons (Fsp3) is 0.478. The number of halogens is 4. The molecule has 0 atom stereocenters. The van der Waals surface area contributed by atoms with Crippen LogP contribution in [-0.2, 0) is 12.6 Å². The Morgan fingerprint density at radius 3 is 2.41 bits per heavy atom. The first kappa shape index (κ1) is 21.8. The van der Waals surface area contributed by atoms with Crippen molar-refractivity contribution in [2.24, 2.45) is 11.8 Å². The van der Waals surface area contributed by atoms with Gasteiger partial charge < -0.3 is 0 Å². The molecule has 1 aromatic carbocycles. The normalized spacial score (nSPS) is 19.9. The van der Waals surface area contributed by atoms with Crippen molar-refractivity contribution >= 4 is 17.4 Å². The third-order valence-corrected chi connectivity index (χ3v) is 6.15. The van der Waals surface area contributed by atoms with Gasteiger partial charge in [0.15, 0.2) is 5.78 Å². The molecular weight excluding hydrogens is 399 g/mol. The van der Waals surface area contributed by atoms with Crippen LogP contribution in [0.4, 0.5) is 13.2 Å². The van der Waals surface area contributed by atoms with Crippen molar-refractivity contribution < 1.29 is 18.0 Å². The van der Waals surface area contributed by atoms with Crippen LogP contribution in [0, 0.1) is 18.8 Å². The number of aryl methyl sites for hydroxylation is 2. The van der Waals surface area contributed by atoms with Crippen LogP contribution in [0.5, 0.6) is 0 Å². The second-order valence-electron chi connectivity index (χ2n) is 8.07. The molecule has 29 heavy (non-hydrogen) atoms. The standard InChI is InChI=1S/C23H25ClF3NO/c1-15-2-9-19(28-14-15)10-7-16-3-5-17(6-4-16)12-22(29)20-13-18(23(25,26)27)8-11-21(20)24/h2,8-9,11,13-14,16-17H,3-7,10,12H2,1H3. The van der Waals surface area contributed by atoms with Crippen LogP contribution in [0.2, 0.25) is 5.02 Å². The molecule has 1 aromatic heterocycles. The number of aromatic nitrogens is 1. The van der Waals surface area contributed by atoms with Crippen molar-refractivity contribution in [3.05, 3.63) is 63.9 Å². The van der Waals surface area contributed by atoms with Gasteiger partial charge in [-0.2, -0.15) is 13.2 Å². The molecule has 0 amide bonds. The van der Waals surface area contributed by atoms with E-state index in [-0.39, 0.29) is 28.7 Å². The van der Waals surface area contributed by atoms with Gasteiger partial charge in [-0.3, -0.25) is 9.78 Å². The molecule has 0 aliphatic heterocycles. The topological polar surface area (TPSA) is 30.0 Å². The number of Topliss-reactive ketones (excluding diaryl/α,β-unsaturated/α-hetero) is 1. The molecule has 0 N–H and O–H groups in total. The number of hydrogen-bond acceptors (Lipinski definition) is 2. The fourth-order valence-electron chi connectivity index (χ4n) is 4.01. The number of ketones is 1. The van der Waals surface area contributed by atoms with E-state index in [1.807, 2.05) is 13.1 Å². The van der Waals surface area contributed by atoms with Gasteiger partial charge in [0.05, 0.1) is 10.6 Å². The van der Waals surface area contributed by atoms with Crippen LogP contribution in [-0.4, -0.2) is 10.8 Å². The summed E-state index contributed by atoms with van der Waals surface area (Å²) < 4.78 is 38.8. The molecule has 1 aliphatic carbocycles. The molecule has 1 aliphatic rings. The summed E-state index contributed by atoms with van der Waals surface area (Å²) in [5.41, 5.74) is 1.40. The molecule has 0 bridgehead atoms. The number of carbonyl (C=O) groups is 1. The Morgan fingerprint density at radius 2 is 1.79 bits per heavy atom. The summed E-state index contributed by atoms with van der Waals surface area (Å²) in [4.78, 5) is 17.0. The first-order chi connectivity index (χ1) is 13.7. The smallest absolute Gasteiger partial charge is 0.294 e. The molecule has 2 aromatic rings. The predicted molar refractivity (Wildman–Crippen MR) is 108 cm³/mol. The van der Waals surface area contributed by atoms with Crippen molar-refractivity contribution in [2.75, 3.05) is 0 Å². The zero-order valence-electron chi connectivity index (χ0n) is 16.4. The van der Waals surface area contributed by atoms with Crippen LogP contribution in [0.15, 0.2) is 36.5 Å². The van der Waals surface area contributed by atoms with Gasteiger partial charge in [0.25, 0.3) is 0 Å². The molecule has 0 unspecified atom stereocenters. The Hall–Kier alpha value is -1.88. The van der Waals surface area contributed by atoms with Gasteiger partial charge in [0, 0.05) is 23.9 Å². The Balaban J connectivity index is 1.50. The maximum atomic E-state index is 12.9. The molecular formula is C23H25ClF3NO. The summed E-state index contributed by atoms with van der Waals surface area (Å²) in [6, 6.07) is 7.09. The van der Waals surface area contributed by atoms with Gasteiger partial charge in [-0.15, -0.1) is 0 Å². The molecule has 156 valence electrons. The number of pyridine rings is 1. The summed E-state index contributed by atoms with van der Waals surface area (Å²) >= 11 is 6.00. The molecule has 6 heteroatoms. The molecule has 1 fully saturated rings. The van der Waals surface area contributed by atoms with Gasteiger partial charge in [-0.05, 0) is 74.3 Å². The molecule has 1 saturated carbocycles. The summed E-state index contributed by atoms with van der Waals surface area (Å²) in [5.74, 6) is 0.525. The highest BCUT2D eigenvalue weighted by Crippen LogP contribution is 2.36. The van der Waals surface area contributed by atoms with E-state index in [2.05, 4.69) is 17.1 Å². The van der Waals surface area contributed by atoms with E-state index in [1.54, 1.807) is 0 Å². The Morgan fingerprint density at radius 1 is 1.10 bits per heavy atom. The number of hydrogen-bond donors (Lipinski definition) is 0. The van der Waals surface area contributed by atoms with E-state index >= 15 is 0 Å². The molecule has 1 heterocycles. The number of nitrogens with zero attached hydrogens (tertiary/aromatic N) is 1. The predicted octanol–water partition coefficient (Wildman–Crippen LogP) is 7.07. The maximum absolute atomic E-state index is 12.9. The lowest BCUT2D eigenvalue weighted by Gasteiger charge is -2.28. The first-order valence-corrected chi connectivity index (χ1v) is 10.4. The van der Waals surface area contributed by atoms with Crippen molar-refractivity contribution in [3.63, 3.8) is 0 Å². The molecule has 3 rings (SSSR count). The summed E-state index contributed by atoms with van der Waals surface area (Å²) in [6.07, 6.45) is 3.63. The first-order valence-electron chi connectivity index (χ1n) is 10.0. The highest BCUT2D eigenvalue weighted by molar-refractivity contribution is 6.34. The lowest BCUT2D eigenvalue weighted by molar-refractivity contribution is -0.137. The third-order valence-electron chi connectivity index (χ3n) is 5.82. The zero-order valence-corrected chi connectivity index (χ0v) is 17.2. The Kier molecular flexibility index (Phi) is 6.99. The lowest BCUT2D eigenvalue weighted by atomic mass is 9.77. The molecule has 0 spiro atoms. The van der Waals surface area contributed by atoms with E-state index < -0.39 is 11.7 Å². The van der Waals surface area contributed by atoms with E-state index in [1.165, 1.54) is 0 Å². The average molecular weight is 424 g/mol. The van der Waals surface area contributed by atoms with E-state index in [9.17, 15) is 18.0 Å². The lowest BCUT2D eigenvalue weighted by Crippen LogP contribution is -2.18. The fourth-order valence-corrected chi connectivity index (χ4v) is 4.23. The van der Waals surface area contributed by atoms with Crippen LogP contribution in [0.25, 0.3) is 0 Å². The van der Waals surface area contributed by atoms with Gasteiger partial charge in [0.2, 0.25) is 0 Å². The van der Waals surface area contributed by atoms with Gasteiger partial charge in [-0.25, -0.2) is 0 Å². The highest BCUT2D eigenvalue weighted by atomic mass is 35.5. The average Bonchev–Trinajstić information content (AvgIpc) is 2.68. The van der Waals surface area contributed by atoms with Crippen LogP contribution in [0.1, 0.15) is 65.7 Å². The van der Waals surface area contributed by atoms with E-state index in [0.29, 0.717) is 5.92 Å². The van der Waals surface area contributed by atoms with Crippen LogP contribution >= 0.6 is 11.6 Å².